The first-order chi connectivity index (χ1) is 8.95. The van der Waals surface area contributed by atoms with Crippen LogP contribution in [0, 0.1) is 0 Å². The van der Waals surface area contributed by atoms with Crippen molar-refractivity contribution in [3.8, 4) is 0 Å². The highest BCUT2D eigenvalue weighted by Crippen LogP contribution is 2.25. The zero-order valence-electron chi connectivity index (χ0n) is 11.8. The van der Waals surface area contributed by atoms with E-state index in [1.807, 2.05) is 18.2 Å². The van der Waals surface area contributed by atoms with Crippen LogP contribution in [0.1, 0.15) is 19.4 Å². The number of methoxy groups -OCH3 is 1. The number of fused-ring (bicyclic) bond motifs is 1. The number of nitrogens with zero attached hydrogens (tertiary/aromatic N) is 1. The number of benzene rings is 1. The van der Waals surface area contributed by atoms with E-state index in [2.05, 4.69) is 19.2 Å². The van der Waals surface area contributed by atoms with Gasteiger partial charge in [0.05, 0.1) is 12.2 Å². The molecule has 1 heterocycles. The van der Waals surface area contributed by atoms with Gasteiger partial charge in [-0.3, -0.25) is 9.88 Å². The molecule has 0 atom stereocenters. The van der Waals surface area contributed by atoms with Gasteiger partial charge in [0.1, 0.15) is 0 Å². The largest absolute Gasteiger partial charge is 0.419 e. The van der Waals surface area contributed by atoms with E-state index in [1.54, 1.807) is 14.2 Å². The average molecular weight is 264 g/mol. The summed E-state index contributed by atoms with van der Waals surface area (Å²) in [4.78, 5) is 11.5. The third-order valence-corrected chi connectivity index (χ3v) is 3.39. The number of oxazole rings is 1. The molecule has 0 unspecified atom stereocenters. The Morgan fingerprint density at radius 1 is 1.42 bits per heavy atom. The molecule has 1 N–H and O–H groups in total. The summed E-state index contributed by atoms with van der Waals surface area (Å²) in [7, 11) is 3.38. The molecular formula is C14H20N2O3. The molecule has 5 nitrogen and oxygen atoms in total. The van der Waals surface area contributed by atoms with Crippen molar-refractivity contribution in [1.29, 1.82) is 0 Å². The van der Waals surface area contributed by atoms with E-state index in [9.17, 15) is 4.79 Å². The van der Waals surface area contributed by atoms with E-state index in [1.165, 1.54) is 4.57 Å². The highest BCUT2D eigenvalue weighted by atomic mass is 16.5. The minimum Gasteiger partial charge on any atom is -0.408 e. The van der Waals surface area contributed by atoms with Gasteiger partial charge in [0.2, 0.25) is 0 Å². The standard InChI is InChI=1S/C14H20N2O3/c1-14(2,8-15-9-18-4)10-5-6-12-11(7-10)16(3)13(17)19-12/h5-7,15H,8-9H2,1-4H3. The quantitative estimate of drug-likeness (QED) is 0.658. The Balaban J connectivity index is 2.34. The summed E-state index contributed by atoms with van der Waals surface area (Å²) in [6, 6.07) is 5.86. The SMILES string of the molecule is COCNCC(C)(C)c1ccc2oc(=O)n(C)c2c1. The summed E-state index contributed by atoms with van der Waals surface area (Å²) < 4.78 is 11.7. The lowest BCUT2D eigenvalue weighted by molar-refractivity contribution is 0.169. The fraction of sp³-hybridized carbons (Fsp3) is 0.500. The summed E-state index contributed by atoms with van der Waals surface area (Å²) in [6.07, 6.45) is 0. The molecule has 0 amide bonds. The third-order valence-electron chi connectivity index (χ3n) is 3.39. The zero-order chi connectivity index (χ0) is 14.0. The second-order valence-electron chi connectivity index (χ2n) is 5.35. The lowest BCUT2D eigenvalue weighted by Crippen LogP contribution is -2.33. The van der Waals surface area contributed by atoms with Gasteiger partial charge >= 0.3 is 5.76 Å². The van der Waals surface area contributed by atoms with Crippen LogP contribution in [-0.2, 0) is 17.2 Å². The fourth-order valence-corrected chi connectivity index (χ4v) is 2.12. The molecule has 104 valence electrons. The predicted molar refractivity (Wildman–Crippen MR) is 74.4 cm³/mol. The molecule has 2 rings (SSSR count). The molecular weight excluding hydrogens is 244 g/mol. The van der Waals surface area contributed by atoms with Gasteiger partial charge in [-0.25, -0.2) is 4.79 Å². The maximum atomic E-state index is 11.5. The third kappa shape index (κ3) is 2.72. The van der Waals surface area contributed by atoms with E-state index >= 15 is 0 Å². The highest BCUT2D eigenvalue weighted by molar-refractivity contribution is 5.74. The first-order valence-corrected chi connectivity index (χ1v) is 6.25. The lowest BCUT2D eigenvalue weighted by atomic mass is 9.84. The first-order valence-electron chi connectivity index (χ1n) is 6.25. The Labute approximate surface area is 112 Å². The second kappa shape index (κ2) is 5.19. The normalized spacial score (nSPS) is 12.2. The summed E-state index contributed by atoms with van der Waals surface area (Å²) in [5, 5.41) is 3.23. The predicted octanol–water partition coefficient (Wildman–Crippen LogP) is 1.60. The van der Waals surface area contributed by atoms with Crippen LogP contribution in [0.3, 0.4) is 0 Å². The van der Waals surface area contributed by atoms with Crippen molar-refractivity contribution in [1.82, 2.24) is 9.88 Å². The molecule has 1 aromatic carbocycles. The summed E-state index contributed by atoms with van der Waals surface area (Å²) in [5.41, 5.74) is 2.54. The molecule has 0 bridgehead atoms. The van der Waals surface area contributed by atoms with Gasteiger partial charge in [-0.1, -0.05) is 19.9 Å². The first kappa shape index (κ1) is 13.8. The number of aromatic nitrogens is 1. The maximum Gasteiger partial charge on any atom is 0.419 e. The van der Waals surface area contributed by atoms with Gasteiger partial charge in [0, 0.05) is 26.1 Å². The molecule has 0 saturated carbocycles. The molecule has 0 aliphatic carbocycles. The molecule has 0 spiro atoms. The number of hydrogen-bond donors (Lipinski definition) is 1. The molecule has 5 heteroatoms. The molecule has 1 aromatic heterocycles. The Hall–Kier alpha value is -1.59. The Bertz CT molecular complexity index is 625. The Kier molecular flexibility index (Phi) is 3.78. The van der Waals surface area contributed by atoms with Crippen LogP contribution < -0.4 is 11.1 Å². The molecule has 0 radical (unpaired) electrons. The fourth-order valence-electron chi connectivity index (χ4n) is 2.12. The van der Waals surface area contributed by atoms with Crippen molar-refractivity contribution in [2.75, 3.05) is 20.4 Å². The molecule has 0 aliphatic heterocycles. The summed E-state index contributed by atoms with van der Waals surface area (Å²) >= 11 is 0. The molecule has 0 saturated heterocycles. The number of aryl methyl sites for hydroxylation is 1. The van der Waals surface area contributed by atoms with Gasteiger partial charge in [0.25, 0.3) is 0 Å². The lowest BCUT2D eigenvalue weighted by Gasteiger charge is -2.25. The van der Waals surface area contributed by atoms with Crippen LogP contribution in [0.5, 0.6) is 0 Å². The number of ether oxygens (including phenoxy) is 1. The van der Waals surface area contributed by atoms with Crippen molar-refractivity contribution in [3.05, 3.63) is 34.3 Å². The van der Waals surface area contributed by atoms with Crippen molar-refractivity contribution in [3.63, 3.8) is 0 Å². The topological polar surface area (TPSA) is 56.4 Å². The average Bonchev–Trinajstić information content (AvgIpc) is 2.65. The van der Waals surface area contributed by atoms with Crippen molar-refractivity contribution in [2.24, 2.45) is 7.05 Å². The van der Waals surface area contributed by atoms with E-state index in [-0.39, 0.29) is 11.2 Å². The smallest absolute Gasteiger partial charge is 0.408 e. The van der Waals surface area contributed by atoms with Gasteiger partial charge in [-0.05, 0) is 17.7 Å². The molecule has 19 heavy (non-hydrogen) atoms. The van der Waals surface area contributed by atoms with Crippen LogP contribution in [0.4, 0.5) is 0 Å². The molecule has 0 fully saturated rings. The van der Waals surface area contributed by atoms with Crippen LogP contribution >= 0.6 is 0 Å². The minimum atomic E-state index is -0.331. The van der Waals surface area contributed by atoms with E-state index < -0.39 is 0 Å². The monoisotopic (exact) mass is 264 g/mol. The van der Waals surface area contributed by atoms with Gasteiger partial charge in [-0.2, -0.15) is 0 Å². The molecule has 2 aromatic rings. The number of hydrogen-bond acceptors (Lipinski definition) is 4. The zero-order valence-corrected chi connectivity index (χ0v) is 11.8. The van der Waals surface area contributed by atoms with E-state index in [4.69, 9.17) is 9.15 Å². The van der Waals surface area contributed by atoms with Gasteiger partial charge < -0.3 is 9.15 Å². The van der Waals surface area contributed by atoms with Crippen molar-refractivity contribution in [2.45, 2.75) is 19.3 Å². The minimum absolute atomic E-state index is 0.0555. The Morgan fingerprint density at radius 2 is 2.16 bits per heavy atom. The van der Waals surface area contributed by atoms with Crippen molar-refractivity contribution >= 4 is 11.1 Å². The van der Waals surface area contributed by atoms with E-state index in [0.29, 0.717) is 12.3 Å². The second-order valence-corrected chi connectivity index (χ2v) is 5.35. The molecule has 0 aliphatic rings. The van der Waals surface area contributed by atoms with Crippen LogP contribution in [-0.4, -0.2) is 25.0 Å². The number of rotatable bonds is 5. The van der Waals surface area contributed by atoms with E-state index in [0.717, 1.165) is 17.6 Å². The maximum absolute atomic E-state index is 11.5. The van der Waals surface area contributed by atoms with Crippen LogP contribution in [0.15, 0.2) is 27.4 Å². The van der Waals surface area contributed by atoms with Gasteiger partial charge in [0.15, 0.2) is 5.58 Å². The highest BCUT2D eigenvalue weighted by Gasteiger charge is 2.21. The van der Waals surface area contributed by atoms with Crippen LogP contribution in [0.2, 0.25) is 0 Å². The number of nitrogens with one attached hydrogen (secondary N) is 1. The summed E-state index contributed by atoms with van der Waals surface area (Å²) in [5.74, 6) is -0.331. The summed E-state index contributed by atoms with van der Waals surface area (Å²) in [6.45, 7) is 5.61. The van der Waals surface area contributed by atoms with Crippen LogP contribution in [0.25, 0.3) is 11.1 Å². The van der Waals surface area contributed by atoms with Gasteiger partial charge in [-0.15, -0.1) is 0 Å². The Morgan fingerprint density at radius 3 is 2.84 bits per heavy atom. The van der Waals surface area contributed by atoms with Crippen molar-refractivity contribution < 1.29 is 9.15 Å².